The van der Waals surface area contributed by atoms with Gasteiger partial charge in [-0.15, -0.1) is 0 Å². The summed E-state index contributed by atoms with van der Waals surface area (Å²) in [7, 11) is 1.84. The zero-order valence-corrected chi connectivity index (χ0v) is 34.0. The molecule has 2 unspecified atom stereocenters. The van der Waals surface area contributed by atoms with Gasteiger partial charge in [0.1, 0.15) is 6.10 Å². The van der Waals surface area contributed by atoms with E-state index in [9.17, 15) is 29.4 Å². The normalized spacial score (nSPS) is 39.3. The largest absolute Gasteiger partial charge is 0.481 e. The number of hydrogen-bond donors (Lipinski definition) is 2. The topological polar surface area (TPSA) is 121 Å². The van der Waals surface area contributed by atoms with Crippen LogP contribution >= 0.6 is 0 Å². The highest BCUT2D eigenvalue weighted by molar-refractivity contribution is 6.00. The van der Waals surface area contributed by atoms with Crippen molar-refractivity contribution >= 4 is 23.6 Å². The number of carbonyl (C=O) groups excluding carboxylic acids is 3. The number of carboxylic acid groups (broad SMARTS) is 1. The second-order valence-corrected chi connectivity index (χ2v) is 20.8. The Morgan fingerprint density at radius 1 is 0.885 bits per heavy atom. The molecule has 0 spiro atoms. The molecular weight excluding hydrogens is 654 g/mol. The second-order valence-electron chi connectivity index (χ2n) is 20.8. The first-order valence-corrected chi connectivity index (χ1v) is 20.7. The Morgan fingerprint density at radius 2 is 1.54 bits per heavy atom. The second kappa shape index (κ2) is 13.2. The number of carboxylic acids is 1. The third-order valence-corrected chi connectivity index (χ3v) is 17.0. The lowest BCUT2D eigenvalue weighted by Gasteiger charge is -2.72. The Labute approximate surface area is 313 Å². The maximum absolute atomic E-state index is 14.1. The summed E-state index contributed by atoms with van der Waals surface area (Å²) in [5.41, 5.74) is 0.178. The van der Waals surface area contributed by atoms with Crippen LogP contribution in [-0.2, 0) is 23.9 Å². The van der Waals surface area contributed by atoms with Crippen LogP contribution < -0.4 is 0 Å². The monoisotopic (exact) mass is 724 g/mol. The minimum atomic E-state index is -1.17. The smallest absolute Gasteiger partial charge is 0.309 e. The van der Waals surface area contributed by atoms with E-state index >= 15 is 0 Å². The first-order chi connectivity index (χ1) is 24.1. The van der Waals surface area contributed by atoms with Crippen molar-refractivity contribution in [1.29, 1.82) is 0 Å². The molecule has 2 N–H and O–H groups in total. The number of carbonyl (C=O) groups is 4. The maximum Gasteiger partial charge on any atom is 0.309 e. The minimum absolute atomic E-state index is 0.0271. The molecule has 0 bridgehead atoms. The first-order valence-electron chi connectivity index (χ1n) is 20.7. The number of likely N-dealkylation sites (N-methyl/N-ethyl adjacent to an activating group) is 1. The number of allylic oxidation sites excluding steroid dienone is 1. The molecule has 292 valence electrons. The number of esters is 1. The van der Waals surface area contributed by atoms with Gasteiger partial charge >= 0.3 is 11.9 Å². The van der Waals surface area contributed by atoms with Crippen LogP contribution in [0, 0.1) is 62.1 Å². The van der Waals surface area contributed by atoms with Crippen molar-refractivity contribution in [1.82, 2.24) is 4.90 Å². The Balaban J connectivity index is 1.28. The maximum atomic E-state index is 14.1. The van der Waals surface area contributed by atoms with Crippen molar-refractivity contribution in [3.05, 3.63) is 11.1 Å². The lowest BCUT2D eigenvalue weighted by molar-refractivity contribution is -0.235. The molecule has 0 aromatic rings. The molecule has 5 saturated carbocycles. The Morgan fingerprint density at radius 3 is 2.15 bits per heavy atom. The first kappa shape index (κ1) is 39.5. The van der Waals surface area contributed by atoms with Gasteiger partial charge in [0.15, 0.2) is 5.78 Å². The van der Waals surface area contributed by atoms with Crippen LogP contribution in [-0.4, -0.2) is 64.5 Å². The van der Waals surface area contributed by atoms with E-state index in [0.717, 1.165) is 82.6 Å². The number of aliphatic hydroxyl groups excluding tert-OH is 1. The highest BCUT2D eigenvalue weighted by Gasteiger charge is 2.71. The number of fused-ring (bicyclic) bond motifs is 7. The van der Waals surface area contributed by atoms with Gasteiger partial charge in [0.25, 0.3) is 0 Å². The summed E-state index contributed by atoms with van der Waals surface area (Å²) in [4.78, 5) is 54.1. The van der Waals surface area contributed by atoms with E-state index < -0.39 is 28.9 Å². The third kappa shape index (κ3) is 5.84. The number of hydrogen-bond acceptors (Lipinski definition) is 6. The molecule has 6 aliphatic rings. The number of amides is 1. The Hall–Kier alpha value is -2.22. The van der Waals surface area contributed by atoms with Crippen LogP contribution in [0.2, 0.25) is 0 Å². The highest BCUT2D eigenvalue weighted by atomic mass is 16.5. The van der Waals surface area contributed by atoms with Crippen molar-refractivity contribution in [2.75, 3.05) is 13.6 Å². The van der Waals surface area contributed by atoms with E-state index in [2.05, 4.69) is 48.5 Å². The molecule has 0 aliphatic heterocycles. The summed E-state index contributed by atoms with van der Waals surface area (Å²) in [5.74, 6) is 0.0800. The van der Waals surface area contributed by atoms with Crippen molar-refractivity contribution in [3.63, 3.8) is 0 Å². The number of ketones is 1. The van der Waals surface area contributed by atoms with Crippen LogP contribution in [0.4, 0.5) is 0 Å². The standard InChI is InChI=1S/C44H69NO7/c1-26(2)35-29(46)23-44(32(47)25-45(10)37(49)27-13-11-12-14-27)22-21-42(8)28(36(35)44)15-16-31-41(7)19-18-33(52-34(48)24-39(3,4)38(50)51)40(5,6)30(41)17-20-43(31,42)9/h26-28,30-33,47H,11-25H2,1-10H3,(H,50,51)/t28-,30+,31-,32?,33+,41+,42-,43-,44?/m1/s1. The molecule has 1 amide bonds. The van der Waals surface area contributed by atoms with Gasteiger partial charge in [-0.05, 0) is 124 Å². The Kier molecular flexibility index (Phi) is 10.0. The van der Waals surface area contributed by atoms with Gasteiger partial charge in [-0.2, -0.15) is 0 Å². The van der Waals surface area contributed by atoms with Crippen molar-refractivity contribution in [2.24, 2.45) is 62.1 Å². The lowest BCUT2D eigenvalue weighted by atomic mass is 9.33. The molecule has 8 heteroatoms. The van der Waals surface area contributed by atoms with Gasteiger partial charge < -0.3 is 19.8 Å². The molecular formula is C44H69NO7. The van der Waals surface area contributed by atoms with E-state index in [4.69, 9.17) is 4.74 Å². The van der Waals surface area contributed by atoms with Gasteiger partial charge in [-0.3, -0.25) is 19.2 Å². The summed E-state index contributed by atoms with van der Waals surface area (Å²) in [6.07, 6.45) is 10.8. The zero-order chi connectivity index (χ0) is 38.4. The quantitative estimate of drug-likeness (QED) is 0.229. The summed E-state index contributed by atoms with van der Waals surface area (Å²) in [6.45, 7) is 19.8. The SMILES string of the molecule is CC(C)C1=C2[C@H]3CC[C@@H]4[C@@]5(C)CC[C@H](OC(=O)CC(C)(C)C(=O)O)C(C)(C)[C@@H]5CC[C@@]4(C)[C@]3(C)CCC2(C(O)CN(C)C(=O)C2CCCC2)CC1=O. The van der Waals surface area contributed by atoms with Crippen molar-refractivity contribution in [2.45, 2.75) is 164 Å². The molecule has 0 aromatic heterocycles. The summed E-state index contributed by atoms with van der Waals surface area (Å²) < 4.78 is 6.16. The fourth-order valence-electron chi connectivity index (χ4n) is 13.9. The van der Waals surface area contributed by atoms with E-state index in [1.165, 1.54) is 5.57 Å². The van der Waals surface area contributed by atoms with E-state index in [0.29, 0.717) is 18.3 Å². The van der Waals surface area contributed by atoms with Crippen LogP contribution in [0.15, 0.2) is 11.1 Å². The molecule has 0 saturated heterocycles. The molecule has 8 nitrogen and oxygen atoms in total. The molecule has 6 aliphatic carbocycles. The third-order valence-electron chi connectivity index (χ3n) is 17.0. The highest BCUT2D eigenvalue weighted by Crippen LogP contribution is 2.77. The van der Waals surface area contributed by atoms with Gasteiger partial charge in [0.05, 0.1) is 17.9 Å². The zero-order valence-electron chi connectivity index (χ0n) is 34.0. The summed E-state index contributed by atoms with van der Waals surface area (Å²) in [6, 6.07) is 0. The summed E-state index contributed by atoms with van der Waals surface area (Å²) in [5, 5.41) is 21.9. The van der Waals surface area contributed by atoms with Crippen LogP contribution in [0.3, 0.4) is 0 Å². The predicted octanol–water partition coefficient (Wildman–Crippen LogP) is 8.39. The fourth-order valence-corrected chi connectivity index (χ4v) is 13.9. The molecule has 52 heavy (non-hydrogen) atoms. The van der Waals surface area contributed by atoms with Crippen LogP contribution in [0.25, 0.3) is 0 Å². The number of ether oxygens (including phenoxy) is 1. The molecule has 5 fully saturated rings. The number of nitrogens with zero attached hydrogens (tertiary/aromatic N) is 1. The molecule has 0 heterocycles. The average Bonchev–Trinajstić information content (AvgIpc) is 3.69. The number of rotatable bonds is 9. The number of aliphatic carboxylic acids is 1. The number of Topliss-reactive ketones (excluding diaryl/α,β-unsaturated/α-hetero) is 1. The lowest BCUT2D eigenvalue weighted by Crippen LogP contribution is -2.66. The van der Waals surface area contributed by atoms with Gasteiger partial charge in [-0.25, -0.2) is 0 Å². The summed E-state index contributed by atoms with van der Waals surface area (Å²) >= 11 is 0. The Bertz CT molecular complexity index is 1500. The van der Waals surface area contributed by atoms with Gasteiger partial charge in [-0.1, -0.05) is 66.9 Å². The van der Waals surface area contributed by atoms with E-state index in [1.54, 1.807) is 18.7 Å². The van der Waals surface area contributed by atoms with Crippen LogP contribution in [0.5, 0.6) is 0 Å². The average molecular weight is 724 g/mol. The van der Waals surface area contributed by atoms with E-state index in [-0.39, 0.29) is 70.2 Å². The fraction of sp³-hybridized carbons (Fsp3) is 0.864. The predicted molar refractivity (Wildman–Crippen MR) is 201 cm³/mol. The van der Waals surface area contributed by atoms with Crippen molar-refractivity contribution in [3.8, 4) is 0 Å². The number of aliphatic hydroxyl groups is 1. The molecule has 0 radical (unpaired) electrons. The minimum Gasteiger partial charge on any atom is -0.481 e. The van der Waals surface area contributed by atoms with Crippen molar-refractivity contribution < 1.29 is 34.1 Å². The molecule has 9 atom stereocenters. The van der Waals surface area contributed by atoms with Crippen LogP contribution in [0.1, 0.15) is 152 Å². The molecule has 0 aromatic carbocycles. The molecule has 6 rings (SSSR count). The van der Waals surface area contributed by atoms with Gasteiger partial charge in [0, 0.05) is 36.8 Å². The van der Waals surface area contributed by atoms with Gasteiger partial charge in [0.2, 0.25) is 5.91 Å². The van der Waals surface area contributed by atoms with E-state index in [1.807, 2.05) is 7.05 Å².